The van der Waals surface area contributed by atoms with Gasteiger partial charge < -0.3 is 11.7 Å². The highest BCUT2D eigenvalue weighted by atomic mass is 14.9. The van der Waals surface area contributed by atoms with Gasteiger partial charge in [-0.15, -0.1) is 0 Å². The lowest BCUT2D eigenvalue weighted by atomic mass is 10.0. The van der Waals surface area contributed by atoms with Crippen LogP contribution in [0.1, 0.15) is 26.7 Å². The molecule has 1 rings (SSSR count). The molecule has 1 atom stereocenters. The van der Waals surface area contributed by atoms with E-state index >= 15 is 0 Å². The highest BCUT2D eigenvalue weighted by molar-refractivity contribution is 5.17. The highest BCUT2D eigenvalue weighted by Crippen LogP contribution is 2.06. The lowest BCUT2D eigenvalue weighted by Gasteiger charge is -2.17. The minimum atomic E-state index is 0.925. The molecule has 0 amide bonds. The van der Waals surface area contributed by atoms with Crippen LogP contribution in [0.3, 0.4) is 0 Å². The lowest BCUT2D eigenvalue weighted by Crippen LogP contribution is -2.27. The fourth-order valence-electron chi connectivity index (χ4n) is 1.09. The van der Waals surface area contributed by atoms with Crippen molar-refractivity contribution in [2.45, 2.75) is 26.7 Å². The van der Waals surface area contributed by atoms with Crippen LogP contribution in [-0.2, 0) is 0 Å². The van der Waals surface area contributed by atoms with Gasteiger partial charge in [-0.1, -0.05) is 6.92 Å². The molecule has 0 aromatic heterocycles. The van der Waals surface area contributed by atoms with Crippen molar-refractivity contribution in [1.82, 2.24) is 5.32 Å². The summed E-state index contributed by atoms with van der Waals surface area (Å²) in [5, 5.41) is 3.33. The van der Waals surface area contributed by atoms with Crippen molar-refractivity contribution in [3.8, 4) is 17.8 Å². The van der Waals surface area contributed by atoms with Gasteiger partial charge in [0.25, 0.3) is 0 Å². The monoisotopic (exact) mass is 162 g/mol. The zero-order valence-corrected chi connectivity index (χ0v) is 7.91. The van der Waals surface area contributed by atoms with Gasteiger partial charge in [-0.25, -0.2) is 5.92 Å². The topological polar surface area (TPSA) is 12.0 Å². The molecular formula is C11H16N-. The first-order chi connectivity index (χ1) is 5.81. The molecule has 0 radical (unpaired) electrons. The Morgan fingerprint density at radius 1 is 1.50 bits per heavy atom. The summed E-state index contributed by atoms with van der Waals surface area (Å²) in [7, 11) is 0. The minimum Gasteiger partial charge on any atom is -0.358 e. The first-order valence-corrected chi connectivity index (χ1v) is 4.35. The maximum atomic E-state index is 6.18. The molecule has 12 heavy (non-hydrogen) atoms. The molecule has 0 spiro atoms. The van der Waals surface area contributed by atoms with Crippen LogP contribution in [0.2, 0.25) is 0 Å². The van der Waals surface area contributed by atoms with E-state index in [1.54, 1.807) is 6.92 Å². The van der Waals surface area contributed by atoms with Crippen molar-refractivity contribution >= 4 is 0 Å². The third kappa shape index (κ3) is 7.19. The molecule has 1 heterocycles. The van der Waals surface area contributed by atoms with E-state index in [-0.39, 0.29) is 0 Å². The predicted molar refractivity (Wildman–Crippen MR) is 51.8 cm³/mol. The molecule has 1 N–H and O–H groups in total. The third-order valence-electron chi connectivity index (χ3n) is 1.73. The number of piperidine rings is 1. The van der Waals surface area contributed by atoms with Crippen LogP contribution in [0.4, 0.5) is 0 Å². The summed E-state index contributed by atoms with van der Waals surface area (Å²) >= 11 is 0. The van der Waals surface area contributed by atoms with Crippen molar-refractivity contribution in [1.29, 1.82) is 0 Å². The summed E-state index contributed by atoms with van der Waals surface area (Å²) in [6.45, 7) is 6.44. The van der Waals surface area contributed by atoms with E-state index < -0.39 is 0 Å². The largest absolute Gasteiger partial charge is 0.358 e. The van der Waals surface area contributed by atoms with E-state index in [1.165, 1.54) is 25.9 Å². The second kappa shape index (κ2) is 8.18. The molecule has 1 saturated heterocycles. The third-order valence-corrected chi connectivity index (χ3v) is 1.73. The quantitative estimate of drug-likeness (QED) is 0.421. The molecule has 0 aromatic carbocycles. The average Bonchev–Trinajstić information content (AvgIpc) is 2.08. The first-order valence-electron chi connectivity index (χ1n) is 4.35. The van der Waals surface area contributed by atoms with Crippen LogP contribution < -0.4 is 5.32 Å². The second-order valence-electron chi connectivity index (χ2n) is 2.95. The molecule has 1 fully saturated rings. The maximum Gasteiger partial charge on any atom is -0.00231 e. The van der Waals surface area contributed by atoms with Crippen LogP contribution in [0.5, 0.6) is 0 Å². The Morgan fingerprint density at radius 2 is 2.25 bits per heavy atom. The van der Waals surface area contributed by atoms with Crippen LogP contribution in [0.15, 0.2) is 0 Å². The number of rotatable bonds is 0. The zero-order valence-electron chi connectivity index (χ0n) is 7.91. The Balaban J connectivity index is 0.000000217. The SMILES string of the molecule is CC1CCCNC1.[C-]#CC#CC. The summed E-state index contributed by atoms with van der Waals surface area (Å²) in [6, 6.07) is 0. The van der Waals surface area contributed by atoms with Gasteiger partial charge in [-0.2, -0.15) is 0 Å². The van der Waals surface area contributed by atoms with E-state index in [2.05, 4.69) is 24.1 Å². The average molecular weight is 162 g/mol. The molecule has 0 aromatic rings. The molecule has 1 heteroatoms. The predicted octanol–water partition coefficient (Wildman–Crippen LogP) is 1.61. The molecule has 0 bridgehead atoms. The van der Waals surface area contributed by atoms with Crippen molar-refractivity contribution in [3.05, 3.63) is 6.42 Å². The summed E-state index contributed by atoms with van der Waals surface area (Å²) in [4.78, 5) is 0. The zero-order chi connectivity index (χ0) is 9.23. The van der Waals surface area contributed by atoms with E-state index in [4.69, 9.17) is 6.42 Å². The summed E-state index contributed by atoms with van der Waals surface area (Å²) < 4.78 is 0. The highest BCUT2D eigenvalue weighted by Gasteiger charge is 2.04. The molecule has 0 aliphatic carbocycles. The Kier molecular flexibility index (Phi) is 7.55. The Morgan fingerprint density at radius 3 is 2.42 bits per heavy atom. The van der Waals surface area contributed by atoms with Gasteiger partial charge in [-0.05, 0) is 38.8 Å². The van der Waals surface area contributed by atoms with Gasteiger partial charge in [0.15, 0.2) is 0 Å². The standard InChI is InChI=1S/C6H13N.C5H3/c1-6-3-2-4-7-5-6;1-3-5-4-2/h6-7H,2-5H2,1H3;1H3/q;-1. The van der Waals surface area contributed by atoms with Crippen molar-refractivity contribution < 1.29 is 0 Å². The van der Waals surface area contributed by atoms with Crippen LogP contribution in [-0.4, -0.2) is 13.1 Å². The van der Waals surface area contributed by atoms with Crippen LogP contribution >= 0.6 is 0 Å². The van der Waals surface area contributed by atoms with E-state index in [0.717, 1.165) is 5.92 Å². The summed E-state index contributed by atoms with van der Waals surface area (Å²) in [5.74, 6) is 7.58. The lowest BCUT2D eigenvalue weighted by molar-refractivity contribution is 0.405. The fourth-order valence-corrected chi connectivity index (χ4v) is 1.09. The van der Waals surface area contributed by atoms with Crippen molar-refractivity contribution in [3.63, 3.8) is 0 Å². The fraction of sp³-hybridized carbons (Fsp3) is 0.636. The summed E-state index contributed by atoms with van der Waals surface area (Å²) in [5.41, 5.74) is 0. The first kappa shape index (κ1) is 11.1. The van der Waals surface area contributed by atoms with Gasteiger partial charge in [0, 0.05) is 0 Å². The van der Waals surface area contributed by atoms with Gasteiger partial charge in [0.2, 0.25) is 0 Å². The molecule has 0 saturated carbocycles. The molecule has 1 unspecified atom stereocenters. The van der Waals surface area contributed by atoms with Gasteiger partial charge in [0.05, 0.1) is 0 Å². The van der Waals surface area contributed by atoms with E-state index in [1.807, 2.05) is 5.92 Å². The van der Waals surface area contributed by atoms with Crippen molar-refractivity contribution in [2.24, 2.45) is 5.92 Å². The Bertz CT molecular complexity index is 183. The Labute approximate surface area is 75.9 Å². The molecule has 1 aliphatic rings. The number of nitrogens with one attached hydrogen (secondary N) is 1. The molecular weight excluding hydrogens is 146 g/mol. The normalized spacial score (nSPS) is 20.6. The Hall–Kier alpha value is -0.920. The molecule has 66 valence electrons. The second-order valence-corrected chi connectivity index (χ2v) is 2.95. The summed E-state index contributed by atoms with van der Waals surface area (Å²) in [6.07, 6.45) is 8.98. The van der Waals surface area contributed by atoms with Gasteiger partial charge in [-0.3, -0.25) is 11.8 Å². The minimum absolute atomic E-state index is 0.925. The van der Waals surface area contributed by atoms with Crippen molar-refractivity contribution in [2.75, 3.05) is 13.1 Å². The molecule has 1 nitrogen and oxygen atoms in total. The van der Waals surface area contributed by atoms with Gasteiger partial charge >= 0.3 is 0 Å². The number of hydrogen-bond acceptors (Lipinski definition) is 1. The smallest absolute Gasteiger partial charge is 0.00231 e. The molecule has 1 aliphatic heterocycles. The van der Waals surface area contributed by atoms with E-state index in [9.17, 15) is 0 Å². The van der Waals surface area contributed by atoms with Crippen LogP contribution in [0, 0.1) is 30.1 Å². The maximum absolute atomic E-state index is 6.18. The number of hydrogen-bond donors (Lipinski definition) is 1. The van der Waals surface area contributed by atoms with Crippen LogP contribution in [0.25, 0.3) is 0 Å². The van der Waals surface area contributed by atoms with E-state index in [0.29, 0.717) is 0 Å². The van der Waals surface area contributed by atoms with Gasteiger partial charge in [0.1, 0.15) is 0 Å².